The molecule has 6 nitrogen and oxygen atoms in total. The molecule has 0 radical (unpaired) electrons. The molecule has 0 atom stereocenters. The van der Waals surface area contributed by atoms with Gasteiger partial charge in [-0.05, 0) is 56.2 Å². The molecule has 3 aromatic heterocycles. The first-order chi connectivity index (χ1) is 13.0. The van der Waals surface area contributed by atoms with Crippen LogP contribution in [0.25, 0.3) is 17.8 Å². The Kier molecular flexibility index (Phi) is 5.45. The van der Waals surface area contributed by atoms with E-state index in [-0.39, 0.29) is 11.1 Å². The lowest BCUT2D eigenvalue weighted by atomic mass is 10.1. The number of fused-ring (bicyclic) bond motifs is 1. The Bertz CT molecular complexity index is 1080. The van der Waals surface area contributed by atoms with Crippen molar-refractivity contribution in [3.63, 3.8) is 0 Å². The molecule has 0 aromatic carbocycles. The monoisotopic (exact) mass is 363 g/mol. The van der Waals surface area contributed by atoms with E-state index < -0.39 is 5.97 Å². The first kappa shape index (κ1) is 18.5. The van der Waals surface area contributed by atoms with Gasteiger partial charge in [0.15, 0.2) is 0 Å². The van der Waals surface area contributed by atoms with Crippen LogP contribution in [0, 0.1) is 6.92 Å². The number of carboxylic acids is 1. The number of aryl methyl sites for hydroxylation is 1. The minimum absolute atomic E-state index is 0.0556. The average molecular weight is 363 g/mol. The molecule has 0 aliphatic rings. The van der Waals surface area contributed by atoms with Crippen molar-refractivity contribution >= 4 is 23.8 Å². The number of carboxylic acid groups (broad SMARTS) is 1. The number of carbonyl (C=O) groups is 1. The van der Waals surface area contributed by atoms with Crippen molar-refractivity contribution in [3.05, 3.63) is 75.1 Å². The SMILES string of the molecule is CCCCc1c(C=Cc2cccc(C)n2)nc2ccc(C(=O)O)cn2c1=O. The van der Waals surface area contributed by atoms with Crippen LogP contribution in [-0.2, 0) is 6.42 Å². The second-order valence-electron chi connectivity index (χ2n) is 6.37. The number of hydrogen-bond acceptors (Lipinski definition) is 4. The van der Waals surface area contributed by atoms with Crippen LogP contribution in [0.3, 0.4) is 0 Å². The number of hydrogen-bond donors (Lipinski definition) is 1. The summed E-state index contributed by atoms with van der Waals surface area (Å²) in [5.41, 5.74) is 3.13. The van der Waals surface area contributed by atoms with Gasteiger partial charge in [-0.15, -0.1) is 0 Å². The van der Waals surface area contributed by atoms with E-state index in [9.17, 15) is 14.7 Å². The van der Waals surface area contributed by atoms with E-state index >= 15 is 0 Å². The minimum atomic E-state index is -1.08. The molecular weight excluding hydrogens is 342 g/mol. The van der Waals surface area contributed by atoms with E-state index in [2.05, 4.69) is 16.9 Å². The van der Waals surface area contributed by atoms with E-state index in [1.807, 2.05) is 31.2 Å². The number of unbranched alkanes of at least 4 members (excludes halogenated alkanes) is 1. The van der Waals surface area contributed by atoms with Gasteiger partial charge in [0.05, 0.1) is 17.0 Å². The van der Waals surface area contributed by atoms with Crippen molar-refractivity contribution in [3.8, 4) is 0 Å². The second kappa shape index (κ2) is 7.95. The molecule has 0 saturated heterocycles. The van der Waals surface area contributed by atoms with Crippen LogP contribution in [0.1, 0.15) is 52.8 Å². The predicted octanol–water partition coefficient (Wildman–Crippen LogP) is 3.61. The highest BCUT2D eigenvalue weighted by molar-refractivity contribution is 5.87. The number of pyridine rings is 2. The smallest absolute Gasteiger partial charge is 0.337 e. The van der Waals surface area contributed by atoms with E-state index in [1.165, 1.54) is 16.7 Å². The molecule has 0 amide bonds. The van der Waals surface area contributed by atoms with Crippen LogP contribution >= 0.6 is 0 Å². The van der Waals surface area contributed by atoms with Crippen molar-refractivity contribution < 1.29 is 9.90 Å². The summed E-state index contributed by atoms with van der Waals surface area (Å²) in [6.07, 6.45) is 7.36. The first-order valence-corrected chi connectivity index (χ1v) is 8.90. The molecule has 0 aliphatic heterocycles. The Balaban J connectivity index is 2.13. The van der Waals surface area contributed by atoms with Crippen molar-refractivity contribution in [2.24, 2.45) is 0 Å². The van der Waals surface area contributed by atoms with Crippen LogP contribution in [0.2, 0.25) is 0 Å². The molecule has 1 N–H and O–H groups in total. The fraction of sp³-hybridized carbons (Fsp3) is 0.238. The van der Waals surface area contributed by atoms with Gasteiger partial charge in [-0.1, -0.05) is 19.4 Å². The Morgan fingerprint density at radius 1 is 1.19 bits per heavy atom. The third-order valence-corrected chi connectivity index (χ3v) is 4.30. The standard InChI is InChI=1S/C21H21N3O3/c1-3-4-8-17-18(11-10-16-7-5-6-14(2)22-16)23-19-12-9-15(21(26)27)13-24(19)20(17)25/h5-7,9-13H,3-4,8H2,1-2H3,(H,26,27). The number of aromatic carboxylic acids is 1. The summed E-state index contributed by atoms with van der Waals surface area (Å²) in [5.74, 6) is -1.08. The largest absolute Gasteiger partial charge is 0.478 e. The normalized spacial score (nSPS) is 11.3. The van der Waals surface area contributed by atoms with Gasteiger partial charge in [0.1, 0.15) is 5.65 Å². The van der Waals surface area contributed by atoms with Gasteiger partial charge in [0, 0.05) is 17.5 Å². The van der Waals surface area contributed by atoms with Crippen molar-refractivity contribution in [2.45, 2.75) is 33.1 Å². The molecule has 0 spiro atoms. The summed E-state index contributed by atoms with van der Waals surface area (Å²) in [4.78, 5) is 33.2. The van der Waals surface area contributed by atoms with Gasteiger partial charge in [-0.3, -0.25) is 14.2 Å². The van der Waals surface area contributed by atoms with Crippen molar-refractivity contribution in [2.75, 3.05) is 0 Å². The molecule has 0 saturated carbocycles. The molecule has 0 fully saturated rings. The van der Waals surface area contributed by atoms with Crippen molar-refractivity contribution in [1.82, 2.24) is 14.4 Å². The zero-order chi connectivity index (χ0) is 19.4. The highest BCUT2D eigenvalue weighted by Crippen LogP contribution is 2.13. The highest BCUT2D eigenvalue weighted by atomic mass is 16.4. The molecule has 0 bridgehead atoms. The van der Waals surface area contributed by atoms with Gasteiger partial charge in [0.25, 0.3) is 5.56 Å². The van der Waals surface area contributed by atoms with Gasteiger partial charge in [0.2, 0.25) is 0 Å². The minimum Gasteiger partial charge on any atom is -0.478 e. The summed E-state index contributed by atoms with van der Waals surface area (Å²) in [6.45, 7) is 3.98. The van der Waals surface area contributed by atoms with E-state index in [1.54, 1.807) is 12.1 Å². The van der Waals surface area contributed by atoms with E-state index in [0.29, 0.717) is 23.3 Å². The van der Waals surface area contributed by atoms with Crippen LogP contribution in [0.4, 0.5) is 0 Å². The number of nitrogens with zero attached hydrogens (tertiary/aromatic N) is 3. The molecule has 6 heteroatoms. The number of rotatable bonds is 6. The molecule has 0 aliphatic carbocycles. The molecule has 138 valence electrons. The third kappa shape index (κ3) is 4.11. The summed E-state index contributed by atoms with van der Waals surface area (Å²) in [5, 5.41) is 9.18. The van der Waals surface area contributed by atoms with Gasteiger partial charge < -0.3 is 5.11 Å². The molecule has 3 rings (SSSR count). The third-order valence-electron chi connectivity index (χ3n) is 4.30. The van der Waals surface area contributed by atoms with Crippen LogP contribution < -0.4 is 5.56 Å². The zero-order valence-corrected chi connectivity index (χ0v) is 15.3. The van der Waals surface area contributed by atoms with Crippen LogP contribution in [0.5, 0.6) is 0 Å². The molecular formula is C21H21N3O3. The zero-order valence-electron chi connectivity index (χ0n) is 15.3. The van der Waals surface area contributed by atoms with Crippen LogP contribution in [0.15, 0.2) is 41.3 Å². The Morgan fingerprint density at radius 2 is 2.00 bits per heavy atom. The molecule has 0 unspecified atom stereocenters. The summed E-state index contributed by atoms with van der Waals surface area (Å²) < 4.78 is 1.32. The van der Waals surface area contributed by atoms with Gasteiger partial charge in [-0.25, -0.2) is 9.78 Å². The average Bonchev–Trinajstić information content (AvgIpc) is 2.65. The maximum atomic E-state index is 13.0. The predicted molar refractivity (Wildman–Crippen MR) is 105 cm³/mol. The lowest BCUT2D eigenvalue weighted by Gasteiger charge is -2.09. The summed E-state index contributed by atoms with van der Waals surface area (Å²) in [7, 11) is 0. The maximum absolute atomic E-state index is 13.0. The fourth-order valence-corrected chi connectivity index (χ4v) is 2.87. The second-order valence-corrected chi connectivity index (χ2v) is 6.37. The maximum Gasteiger partial charge on any atom is 0.337 e. The first-order valence-electron chi connectivity index (χ1n) is 8.90. The molecule has 3 aromatic rings. The molecule has 3 heterocycles. The Morgan fingerprint density at radius 3 is 2.70 bits per heavy atom. The molecule has 27 heavy (non-hydrogen) atoms. The quantitative estimate of drug-likeness (QED) is 0.723. The highest BCUT2D eigenvalue weighted by Gasteiger charge is 2.13. The summed E-state index contributed by atoms with van der Waals surface area (Å²) >= 11 is 0. The summed E-state index contributed by atoms with van der Waals surface area (Å²) in [6, 6.07) is 8.74. The lowest BCUT2D eigenvalue weighted by molar-refractivity contribution is 0.0696. The fourth-order valence-electron chi connectivity index (χ4n) is 2.87. The van der Waals surface area contributed by atoms with E-state index in [4.69, 9.17) is 0 Å². The lowest BCUT2D eigenvalue weighted by Crippen LogP contribution is -2.22. The van der Waals surface area contributed by atoms with Gasteiger partial charge in [-0.2, -0.15) is 0 Å². The van der Waals surface area contributed by atoms with E-state index in [0.717, 1.165) is 24.2 Å². The van der Waals surface area contributed by atoms with Crippen molar-refractivity contribution in [1.29, 1.82) is 0 Å². The Labute approximate surface area is 156 Å². The number of aromatic nitrogens is 3. The van der Waals surface area contributed by atoms with Gasteiger partial charge >= 0.3 is 5.97 Å². The van der Waals surface area contributed by atoms with Crippen LogP contribution in [-0.4, -0.2) is 25.4 Å². The Hall–Kier alpha value is -3.28. The topological polar surface area (TPSA) is 84.6 Å².